The number of nitrogen functional groups attached to an aromatic ring is 1. The number of hydrogen-bond acceptors (Lipinski definition) is 6. The van der Waals surface area contributed by atoms with Gasteiger partial charge in [-0.05, 0) is 48.9 Å². The SMILES string of the molecule is CNC(=O)Nc1cccc(CC[C@H]2C[C@@H](n3ccc4c(N)ncnc43)[C@H](O)[C@@H]2O)c1. The van der Waals surface area contributed by atoms with E-state index >= 15 is 0 Å². The molecule has 1 aliphatic rings. The van der Waals surface area contributed by atoms with E-state index in [0.29, 0.717) is 30.0 Å². The van der Waals surface area contributed by atoms with Crippen LogP contribution in [0.4, 0.5) is 16.3 Å². The lowest BCUT2D eigenvalue weighted by atomic mass is 9.96. The summed E-state index contributed by atoms with van der Waals surface area (Å²) in [5, 5.41) is 27.4. The maximum absolute atomic E-state index is 11.5. The highest BCUT2D eigenvalue weighted by Crippen LogP contribution is 2.39. The Labute approximate surface area is 173 Å². The molecule has 9 heteroatoms. The van der Waals surface area contributed by atoms with Gasteiger partial charge in [0.1, 0.15) is 23.9 Å². The van der Waals surface area contributed by atoms with E-state index in [9.17, 15) is 15.0 Å². The number of benzene rings is 1. The van der Waals surface area contributed by atoms with E-state index in [0.717, 1.165) is 17.4 Å². The summed E-state index contributed by atoms with van der Waals surface area (Å²) < 4.78 is 1.88. The van der Waals surface area contributed by atoms with Crippen molar-refractivity contribution in [3.8, 4) is 0 Å². The molecule has 1 fully saturated rings. The summed E-state index contributed by atoms with van der Waals surface area (Å²) in [7, 11) is 1.57. The van der Waals surface area contributed by atoms with Gasteiger partial charge in [0.2, 0.25) is 0 Å². The van der Waals surface area contributed by atoms with E-state index in [1.807, 2.05) is 41.1 Å². The predicted molar refractivity (Wildman–Crippen MR) is 114 cm³/mol. The number of aliphatic hydroxyl groups excluding tert-OH is 2. The minimum absolute atomic E-state index is 0.0582. The van der Waals surface area contributed by atoms with Crippen molar-refractivity contribution in [1.29, 1.82) is 0 Å². The van der Waals surface area contributed by atoms with Crippen LogP contribution in [0.3, 0.4) is 0 Å². The van der Waals surface area contributed by atoms with Crippen LogP contribution in [0.2, 0.25) is 0 Å². The second-order valence-corrected chi connectivity index (χ2v) is 7.71. The topological polar surface area (TPSA) is 138 Å². The number of anilines is 2. The zero-order chi connectivity index (χ0) is 21.3. The van der Waals surface area contributed by atoms with Crippen LogP contribution in [-0.4, -0.2) is 50.0 Å². The number of carbonyl (C=O) groups excluding carboxylic acids is 1. The molecule has 0 aliphatic heterocycles. The second kappa shape index (κ2) is 8.29. The van der Waals surface area contributed by atoms with Gasteiger partial charge in [0, 0.05) is 18.9 Å². The molecule has 0 saturated heterocycles. The Morgan fingerprint density at radius 3 is 2.90 bits per heavy atom. The monoisotopic (exact) mass is 410 g/mol. The summed E-state index contributed by atoms with van der Waals surface area (Å²) in [6.45, 7) is 0. The van der Waals surface area contributed by atoms with Crippen molar-refractivity contribution in [3.63, 3.8) is 0 Å². The molecule has 158 valence electrons. The number of aryl methyl sites for hydroxylation is 1. The van der Waals surface area contributed by atoms with Gasteiger partial charge >= 0.3 is 6.03 Å². The largest absolute Gasteiger partial charge is 0.390 e. The molecule has 6 N–H and O–H groups in total. The Balaban J connectivity index is 1.46. The molecule has 0 bridgehead atoms. The molecule has 2 heterocycles. The first-order valence-electron chi connectivity index (χ1n) is 9.98. The Bertz CT molecular complexity index is 1050. The molecule has 2 amide bonds. The number of rotatable bonds is 5. The Morgan fingerprint density at radius 2 is 2.10 bits per heavy atom. The van der Waals surface area contributed by atoms with E-state index in [1.165, 1.54) is 6.33 Å². The highest BCUT2D eigenvalue weighted by Gasteiger charge is 2.42. The minimum atomic E-state index is -0.886. The molecule has 4 rings (SSSR count). The number of carbonyl (C=O) groups is 1. The summed E-state index contributed by atoms with van der Waals surface area (Å²) >= 11 is 0. The fourth-order valence-electron chi connectivity index (χ4n) is 4.27. The molecule has 1 saturated carbocycles. The number of urea groups is 1. The van der Waals surface area contributed by atoms with Gasteiger partial charge in [-0.2, -0.15) is 0 Å². The average Bonchev–Trinajstić information content (AvgIpc) is 3.29. The fourth-order valence-corrected chi connectivity index (χ4v) is 4.27. The molecule has 0 radical (unpaired) electrons. The Hall–Kier alpha value is -3.17. The lowest BCUT2D eigenvalue weighted by molar-refractivity contribution is 0.00545. The molecule has 0 unspecified atom stereocenters. The lowest BCUT2D eigenvalue weighted by Gasteiger charge is -2.19. The van der Waals surface area contributed by atoms with Crippen molar-refractivity contribution in [2.75, 3.05) is 18.1 Å². The van der Waals surface area contributed by atoms with E-state index in [2.05, 4.69) is 20.6 Å². The van der Waals surface area contributed by atoms with Gasteiger partial charge in [0.25, 0.3) is 0 Å². The van der Waals surface area contributed by atoms with E-state index in [-0.39, 0.29) is 18.0 Å². The molecule has 30 heavy (non-hydrogen) atoms. The van der Waals surface area contributed by atoms with Crippen LogP contribution < -0.4 is 16.4 Å². The van der Waals surface area contributed by atoms with Gasteiger partial charge in [0.05, 0.1) is 17.5 Å². The number of nitrogens with two attached hydrogens (primary N) is 1. The number of amides is 2. The Morgan fingerprint density at radius 1 is 1.27 bits per heavy atom. The fraction of sp³-hybridized carbons (Fsp3) is 0.381. The van der Waals surface area contributed by atoms with Crippen LogP contribution in [-0.2, 0) is 6.42 Å². The third kappa shape index (κ3) is 3.81. The molecule has 0 spiro atoms. The van der Waals surface area contributed by atoms with Crippen LogP contribution in [0.1, 0.15) is 24.4 Å². The summed E-state index contributed by atoms with van der Waals surface area (Å²) in [5.74, 6) is 0.339. The van der Waals surface area contributed by atoms with Crippen molar-refractivity contribution in [2.45, 2.75) is 37.5 Å². The maximum atomic E-state index is 11.5. The third-order valence-electron chi connectivity index (χ3n) is 5.88. The van der Waals surface area contributed by atoms with Gasteiger partial charge in [0.15, 0.2) is 0 Å². The lowest BCUT2D eigenvalue weighted by Crippen LogP contribution is -2.29. The summed E-state index contributed by atoms with van der Waals surface area (Å²) in [5.41, 5.74) is 8.35. The smallest absolute Gasteiger partial charge is 0.318 e. The van der Waals surface area contributed by atoms with Gasteiger partial charge in [-0.1, -0.05) is 12.1 Å². The number of aliphatic hydroxyl groups is 2. The molecular formula is C21H26N6O3. The van der Waals surface area contributed by atoms with Crippen LogP contribution in [0.15, 0.2) is 42.9 Å². The van der Waals surface area contributed by atoms with E-state index in [1.54, 1.807) is 7.05 Å². The number of nitrogens with zero attached hydrogens (tertiary/aromatic N) is 3. The average molecular weight is 410 g/mol. The standard InChI is InChI=1S/C21H26N6O3/c1-23-21(30)26-14-4-2-3-12(9-14)5-6-13-10-16(18(29)17(13)28)27-8-7-15-19(22)24-11-25-20(15)27/h2-4,7-9,11,13,16-18,28-29H,5-6,10H2,1H3,(H2,22,24,25)(H2,23,26,30)/t13-,16+,17+,18-/m0/s1. The van der Waals surface area contributed by atoms with Crippen LogP contribution in [0, 0.1) is 5.92 Å². The molecule has 9 nitrogen and oxygen atoms in total. The number of aromatic nitrogens is 3. The quantitative estimate of drug-likeness (QED) is 0.434. The molecule has 2 aromatic heterocycles. The highest BCUT2D eigenvalue weighted by atomic mass is 16.3. The molecule has 3 aromatic rings. The zero-order valence-electron chi connectivity index (χ0n) is 16.7. The first kappa shape index (κ1) is 20.1. The van der Waals surface area contributed by atoms with Crippen molar-refractivity contribution in [3.05, 3.63) is 48.4 Å². The Kier molecular flexibility index (Phi) is 5.56. The highest BCUT2D eigenvalue weighted by molar-refractivity contribution is 5.89. The summed E-state index contributed by atoms with van der Waals surface area (Å²) in [6.07, 6.45) is 3.62. The molecule has 4 atom stereocenters. The van der Waals surface area contributed by atoms with Crippen molar-refractivity contribution >= 4 is 28.6 Å². The summed E-state index contributed by atoms with van der Waals surface area (Å²) in [6, 6.07) is 8.91. The third-order valence-corrected chi connectivity index (χ3v) is 5.88. The van der Waals surface area contributed by atoms with E-state index in [4.69, 9.17) is 5.73 Å². The van der Waals surface area contributed by atoms with Crippen LogP contribution in [0.5, 0.6) is 0 Å². The zero-order valence-corrected chi connectivity index (χ0v) is 16.7. The van der Waals surface area contributed by atoms with Gasteiger partial charge in [-0.15, -0.1) is 0 Å². The van der Waals surface area contributed by atoms with Gasteiger partial charge in [-0.25, -0.2) is 14.8 Å². The molecule has 1 aromatic carbocycles. The summed E-state index contributed by atoms with van der Waals surface area (Å²) in [4.78, 5) is 19.8. The first-order chi connectivity index (χ1) is 14.5. The molecule has 1 aliphatic carbocycles. The second-order valence-electron chi connectivity index (χ2n) is 7.71. The normalized spacial score (nSPS) is 23.6. The van der Waals surface area contributed by atoms with Gasteiger partial charge in [-0.3, -0.25) is 0 Å². The van der Waals surface area contributed by atoms with Gasteiger partial charge < -0.3 is 31.1 Å². The number of fused-ring (bicyclic) bond motifs is 1. The van der Waals surface area contributed by atoms with Crippen molar-refractivity contribution in [1.82, 2.24) is 19.9 Å². The first-order valence-corrected chi connectivity index (χ1v) is 9.98. The minimum Gasteiger partial charge on any atom is -0.390 e. The number of nitrogens with one attached hydrogen (secondary N) is 2. The predicted octanol–water partition coefficient (Wildman–Crippen LogP) is 1.68. The van der Waals surface area contributed by atoms with Crippen LogP contribution in [0.25, 0.3) is 11.0 Å². The maximum Gasteiger partial charge on any atom is 0.318 e. The van der Waals surface area contributed by atoms with Crippen LogP contribution >= 0.6 is 0 Å². The van der Waals surface area contributed by atoms with Crippen molar-refractivity contribution in [2.24, 2.45) is 5.92 Å². The molecular weight excluding hydrogens is 384 g/mol. The van der Waals surface area contributed by atoms with E-state index < -0.39 is 12.2 Å². The number of hydrogen-bond donors (Lipinski definition) is 5. The van der Waals surface area contributed by atoms with Crippen molar-refractivity contribution < 1.29 is 15.0 Å².